The fourth-order valence-corrected chi connectivity index (χ4v) is 2.42. The molecule has 0 aliphatic carbocycles. The van der Waals surface area contributed by atoms with Gasteiger partial charge in [0.05, 0.1) is 6.61 Å². The van der Waals surface area contributed by atoms with Gasteiger partial charge in [0.1, 0.15) is 17.4 Å². The highest BCUT2D eigenvalue weighted by Crippen LogP contribution is 2.22. The maximum absolute atomic E-state index is 12.0. The number of carbonyl (C=O) groups excluding carboxylic acids is 1. The summed E-state index contributed by atoms with van der Waals surface area (Å²) in [6.45, 7) is 7.99. The Bertz CT molecular complexity index is 806. The number of nitrogens with zero attached hydrogens (tertiary/aromatic N) is 3. The van der Waals surface area contributed by atoms with Crippen molar-refractivity contribution < 1.29 is 14.1 Å². The van der Waals surface area contributed by atoms with E-state index in [9.17, 15) is 10.1 Å². The third-order valence-electron chi connectivity index (χ3n) is 3.69. The highest BCUT2D eigenvalue weighted by molar-refractivity contribution is 5.98. The van der Waals surface area contributed by atoms with Crippen molar-refractivity contribution in [3.8, 4) is 11.9 Å². The second-order valence-corrected chi connectivity index (χ2v) is 5.62. The van der Waals surface area contributed by atoms with Gasteiger partial charge in [0.25, 0.3) is 0 Å². The van der Waals surface area contributed by atoms with Crippen molar-refractivity contribution in [1.29, 1.82) is 5.26 Å². The maximum atomic E-state index is 12.0. The van der Waals surface area contributed by atoms with E-state index in [1.54, 1.807) is 6.08 Å². The third-order valence-corrected chi connectivity index (χ3v) is 3.69. The molecule has 0 spiro atoms. The number of carbonyl (C=O) groups is 1. The Morgan fingerprint density at radius 2 is 2.17 bits per heavy atom. The van der Waals surface area contributed by atoms with Gasteiger partial charge in [0, 0.05) is 17.5 Å². The van der Waals surface area contributed by atoms with Crippen LogP contribution in [0.5, 0.6) is 0 Å². The van der Waals surface area contributed by atoms with Crippen molar-refractivity contribution in [3.05, 3.63) is 40.4 Å². The number of esters is 1. The molecule has 0 saturated heterocycles. The summed E-state index contributed by atoms with van der Waals surface area (Å²) >= 11 is 0. The number of hydrogen-bond acceptors (Lipinski definition) is 5. The minimum Gasteiger partial charge on any atom is -0.462 e. The van der Waals surface area contributed by atoms with Gasteiger partial charge in [0.2, 0.25) is 0 Å². The lowest BCUT2D eigenvalue weighted by atomic mass is 10.1. The number of ether oxygens (including phenoxy) is 1. The first kappa shape index (κ1) is 17.5. The molecule has 0 bridgehead atoms. The molecule has 0 amide bonds. The Morgan fingerprint density at radius 3 is 2.75 bits per heavy atom. The molecule has 2 rings (SSSR count). The fraction of sp³-hybridized carbons (Fsp3) is 0.389. The first-order chi connectivity index (χ1) is 11.5. The lowest BCUT2D eigenvalue weighted by molar-refractivity contribution is -0.138. The van der Waals surface area contributed by atoms with Crippen LogP contribution in [-0.4, -0.2) is 22.3 Å². The zero-order chi connectivity index (χ0) is 17.7. The zero-order valence-corrected chi connectivity index (χ0v) is 14.4. The number of unbranched alkanes of at least 4 members (excludes halogenated alkanes) is 1. The summed E-state index contributed by atoms with van der Waals surface area (Å²) < 4.78 is 12.1. The number of nitriles is 1. The van der Waals surface area contributed by atoms with E-state index in [1.165, 1.54) is 0 Å². The first-order valence-electron chi connectivity index (χ1n) is 7.89. The molecule has 2 heterocycles. The molecule has 0 radical (unpaired) electrons. The van der Waals surface area contributed by atoms with Crippen molar-refractivity contribution in [1.82, 2.24) is 9.72 Å². The van der Waals surface area contributed by atoms with Gasteiger partial charge < -0.3 is 9.26 Å². The second-order valence-electron chi connectivity index (χ2n) is 5.62. The van der Waals surface area contributed by atoms with Crippen LogP contribution in [0.4, 0.5) is 0 Å². The quantitative estimate of drug-likeness (QED) is 0.350. The molecule has 0 saturated carbocycles. The van der Waals surface area contributed by atoms with Crippen LogP contribution in [0.25, 0.3) is 11.9 Å². The molecule has 0 aromatic carbocycles. The molecule has 0 unspecified atom stereocenters. The molecule has 0 fully saturated rings. The zero-order valence-electron chi connectivity index (χ0n) is 14.4. The number of aromatic nitrogens is 2. The fourth-order valence-electron chi connectivity index (χ4n) is 2.42. The molecule has 6 nitrogen and oxygen atoms in total. The van der Waals surface area contributed by atoms with Crippen LogP contribution in [0, 0.1) is 32.1 Å². The number of rotatable bonds is 6. The van der Waals surface area contributed by atoms with Crippen LogP contribution >= 0.6 is 0 Å². The second kappa shape index (κ2) is 7.64. The molecule has 0 atom stereocenters. The van der Waals surface area contributed by atoms with E-state index < -0.39 is 5.97 Å². The van der Waals surface area contributed by atoms with Gasteiger partial charge in [-0.3, -0.25) is 4.57 Å². The summed E-state index contributed by atoms with van der Waals surface area (Å²) in [7, 11) is 0. The highest BCUT2D eigenvalue weighted by atomic mass is 16.5. The van der Waals surface area contributed by atoms with E-state index in [0.29, 0.717) is 18.2 Å². The normalized spacial score (nSPS) is 11.4. The Hall–Kier alpha value is -2.81. The molecular formula is C18H21N3O3. The van der Waals surface area contributed by atoms with Crippen LogP contribution in [0.15, 0.2) is 22.2 Å². The Morgan fingerprint density at radius 1 is 1.42 bits per heavy atom. The number of hydrogen-bond donors (Lipinski definition) is 0. The first-order valence-corrected chi connectivity index (χ1v) is 7.89. The average molecular weight is 327 g/mol. The predicted octanol–water partition coefficient (Wildman–Crippen LogP) is 3.64. The predicted molar refractivity (Wildman–Crippen MR) is 89.5 cm³/mol. The highest BCUT2D eigenvalue weighted by Gasteiger charge is 2.16. The molecule has 24 heavy (non-hydrogen) atoms. The summed E-state index contributed by atoms with van der Waals surface area (Å²) in [4.78, 5) is 12.0. The summed E-state index contributed by atoms with van der Waals surface area (Å²) in [5.74, 6) is 0.797. The topological polar surface area (TPSA) is 81.0 Å². The van der Waals surface area contributed by atoms with Crippen LogP contribution in [0.1, 0.15) is 42.5 Å². The van der Waals surface area contributed by atoms with Gasteiger partial charge in [-0.15, -0.1) is 0 Å². The molecule has 0 aliphatic heterocycles. The summed E-state index contributed by atoms with van der Waals surface area (Å²) in [5.41, 5.74) is 2.57. The summed E-state index contributed by atoms with van der Waals surface area (Å²) in [5, 5.41) is 13.3. The maximum Gasteiger partial charge on any atom is 0.348 e. The average Bonchev–Trinajstić information content (AvgIpc) is 3.08. The molecule has 126 valence electrons. The van der Waals surface area contributed by atoms with Crippen LogP contribution in [-0.2, 0) is 9.53 Å². The van der Waals surface area contributed by atoms with Crippen molar-refractivity contribution in [2.75, 3.05) is 6.61 Å². The lowest BCUT2D eigenvalue weighted by Crippen LogP contribution is -2.08. The van der Waals surface area contributed by atoms with Crippen LogP contribution in [0.3, 0.4) is 0 Å². The SMILES string of the molecule is CCCCOC(=O)/C(C#N)=C/c1cc(C)n(-c2cc(C)on2)c1C. The van der Waals surface area contributed by atoms with E-state index in [4.69, 9.17) is 9.26 Å². The third kappa shape index (κ3) is 3.74. The van der Waals surface area contributed by atoms with Crippen LogP contribution in [0.2, 0.25) is 0 Å². The number of aryl methyl sites for hydroxylation is 2. The molecule has 2 aromatic heterocycles. The van der Waals surface area contributed by atoms with E-state index in [2.05, 4.69) is 5.16 Å². The van der Waals surface area contributed by atoms with E-state index in [-0.39, 0.29) is 5.57 Å². The Kier molecular flexibility index (Phi) is 5.59. The van der Waals surface area contributed by atoms with Crippen LogP contribution < -0.4 is 0 Å². The molecular weight excluding hydrogens is 306 g/mol. The van der Waals surface area contributed by atoms with Crippen molar-refractivity contribution in [2.45, 2.75) is 40.5 Å². The monoisotopic (exact) mass is 327 g/mol. The van der Waals surface area contributed by atoms with Crippen molar-refractivity contribution >= 4 is 12.0 Å². The molecule has 0 N–H and O–H groups in total. The van der Waals surface area contributed by atoms with Gasteiger partial charge >= 0.3 is 5.97 Å². The minimum atomic E-state index is -0.590. The van der Waals surface area contributed by atoms with Crippen molar-refractivity contribution in [2.24, 2.45) is 0 Å². The summed E-state index contributed by atoms with van der Waals surface area (Å²) in [6.07, 6.45) is 3.27. The largest absolute Gasteiger partial charge is 0.462 e. The van der Waals surface area contributed by atoms with Gasteiger partial charge in [-0.05, 0) is 44.9 Å². The molecule has 6 heteroatoms. The Balaban J connectivity index is 2.32. The minimum absolute atomic E-state index is 0.0114. The van der Waals surface area contributed by atoms with E-state index >= 15 is 0 Å². The van der Waals surface area contributed by atoms with Gasteiger partial charge in [-0.2, -0.15) is 5.26 Å². The van der Waals surface area contributed by atoms with E-state index in [0.717, 1.165) is 29.8 Å². The lowest BCUT2D eigenvalue weighted by Gasteiger charge is -2.04. The van der Waals surface area contributed by atoms with Gasteiger partial charge in [-0.25, -0.2) is 4.79 Å². The summed E-state index contributed by atoms with van der Waals surface area (Å²) in [6, 6.07) is 5.65. The van der Waals surface area contributed by atoms with Crippen molar-refractivity contribution in [3.63, 3.8) is 0 Å². The van der Waals surface area contributed by atoms with Gasteiger partial charge in [-0.1, -0.05) is 18.5 Å². The molecule has 0 aliphatic rings. The standard InChI is InChI=1S/C18H21N3O3/c1-5-6-7-23-18(22)16(11-19)10-15-8-12(2)21(14(15)4)17-9-13(3)24-20-17/h8-10H,5-7H2,1-4H3/b16-10+. The van der Waals surface area contributed by atoms with Gasteiger partial charge in [0.15, 0.2) is 5.82 Å². The smallest absolute Gasteiger partial charge is 0.348 e. The Labute approximate surface area is 141 Å². The van der Waals surface area contributed by atoms with E-state index in [1.807, 2.05) is 50.5 Å². The molecule has 2 aromatic rings.